The fraction of sp³-hybridized carbons (Fsp3) is 0.333. The van der Waals surface area contributed by atoms with Gasteiger partial charge in [0.15, 0.2) is 0 Å². The Morgan fingerprint density at radius 3 is 2.93 bits per heavy atom. The molecule has 0 amide bonds. The highest BCUT2D eigenvalue weighted by Gasteiger charge is 2.21. The standard InChI is InChI=1S/C9H9ClN2O2/c1-4-5(10)2-3-6-7(4)12-8(11-6)9(13)14/h2-3H2,1H3,(H,11,12)(H,13,14). The number of nitrogens with zero attached hydrogens (tertiary/aromatic N) is 1. The highest BCUT2D eigenvalue weighted by atomic mass is 35.5. The fourth-order valence-corrected chi connectivity index (χ4v) is 1.74. The van der Waals surface area contributed by atoms with Crippen molar-refractivity contribution in [3.05, 3.63) is 22.2 Å². The quantitative estimate of drug-likeness (QED) is 0.749. The topological polar surface area (TPSA) is 66.0 Å². The monoisotopic (exact) mass is 212 g/mol. The Bertz CT molecular complexity index is 434. The zero-order valence-corrected chi connectivity index (χ0v) is 8.35. The number of aromatic nitrogens is 2. The number of H-pyrrole nitrogens is 1. The highest BCUT2D eigenvalue weighted by molar-refractivity contribution is 6.32. The number of rotatable bonds is 1. The number of aromatic amines is 1. The number of carboxylic acid groups (broad SMARTS) is 1. The normalized spacial score (nSPS) is 15.6. The second-order valence-corrected chi connectivity index (χ2v) is 3.70. The lowest BCUT2D eigenvalue weighted by molar-refractivity contribution is 0.0684. The van der Waals surface area contributed by atoms with Crippen LogP contribution in [0.25, 0.3) is 5.57 Å². The number of aromatic carboxylic acids is 1. The molecule has 2 rings (SSSR count). The highest BCUT2D eigenvalue weighted by Crippen LogP contribution is 2.31. The molecule has 0 spiro atoms. The predicted molar refractivity (Wildman–Crippen MR) is 52.3 cm³/mol. The molecule has 0 aliphatic heterocycles. The molecule has 1 aromatic rings. The van der Waals surface area contributed by atoms with E-state index in [9.17, 15) is 4.79 Å². The average Bonchev–Trinajstić information content (AvgIpc) is 2.56. The Balaban J connectivity index is 2.53. The maximum atomic E-state index is 10.7. The molecule has 4 nitrogen and oxygen atoms in total. The largest absolute Gasteiger partial charge is 0.475 e. The van der Waals surface area contributed by atoms with Gasteiger partial charge in [-0.25, -0.2) is 9.78 Å². The molecule has 0 bridgehead atoms. The van der Waals surface area contributed by atoms with E-state index in [1.807, 2.05) is 6.92 Å². The summed E-state index contributed by atoms with van der Waals surface area (Å²) in [6.45, 7) is 1.85. The second kappa shape index (κ2) is 3.13. The molecule has 0 aromatic carbocycles. The molecule has 5 heteroatoms. The number of nitrogens with one attached hydrogen (secondary N) is 1. The first-order valence-corrected chi connectivity index (χ1v) is 4.65. The van der Waals surface area contributed by atoms with Crippen LogP contribution in [0.15, 0.2) is 5.03 Å². The summed E-state index contributed by atoms with van der Waals surface area (Å²) in [5.41, 5.74) is 2.43. The van der Waals surface area contributed by atoms with Gasteiger partial charge in [0.2, 0.25) is 5.82 Å². The minimum absolute atomic E-state index is 0.0132. The molecule has 2 N–H and O–H groups in total. The van der Waals surface area contributed by atoms with Crippen LogP contribution < -0.4 is 0 Å². The van der Waals surface area contributed by atoms with Gasteiger partial charge < -0.3 is 10.1 Å². The predicted octanol–water partition coefficient (Wildman–Crippen LogP) is 2.02. The molecular weight excluding hydrogens is 204 g/mol. The second-order valence-electron chi connectivity index (χ2n) is 3.25. The summed E-state index contributed by atoms with van der Waals surface area (Å²) < 4.78 is 0. The molecule has 0 atom stereocenters. The van der Waals surface area contributed by atoms with Crippen LogP contribution in [0.3, 0.4) is 0 Å². The van der Waals surface area contributed by atoms with Crippen molar-refractivity contribution in [2.24, 2.45) is 0 Å². The number of hydrogen-bond donors (Lipinski definition) is 2. The third kappa shape index (κ3) is 1.32. The Labute approximate surface area is 85.6 Å². The van der Waals surface area contributed by atoms with Crippen LogP contribution >= 0.6 is 11.6 Å². The van der Waals surface area contributed by atoms with Crippen molar-refractivity contribution < 1.29 is 9.90 Å². The number of fused-ring (bicyclic) bond motifs is 1. The number of halogens is 1. The van der Waals surface area contributed by atoms with Crippen molar-refractivity contribution in [3.63, 3.8) is 0 Å². The molecule has 0 fully saturated rings. The Hall–Kier alpha value is -1.29. The van der Waals surface area contributed by atoms with Crippen molar-refractivity contribution in [2.75, 3.05) is 0 Å². The van der Waals surface area contributed by atoms with Gasteiger partial charge in [0.05, 0.1) is 5.69 Å². The molecular formula is C9H9ClN2O2. The first-order valence-electron chi connectivity index (χ1n) is 4.27. The molecule has 1 aliphatic carbocycles. The molecule has 74 valence electrons. The van der Waals surface area contributed by atoms with Crippen molar-refractivity contribution in [1.29, 1.82) is 0 Å². The maximum Gasteiger partial charge on any atom is 0.371 e. The third-order valence-corrected chi connectivity index (χ3v) is 2.81. The van der Waals surface area contributed by atoms with E-state index in [-0.39, 0.29) is 5.82 Å². The molecule has 14 heavy (non-hydrogen) atoms. The molecule has 1 heterocycles. The van der Waals surface area contributed by atoms with Gasteiger partial charge in [0, 0.05) is 10.7 Å². The van der Waals surface area contributed by atoms with Crippen LogP contribution in [0.2, 0.25) is 0 Å². The summed E-state index contributed by atoms with van der Waals surface area (Å²) in [5, 5.41) is 9.51. The summed E-state index contributed by atoms with van der Waals surface area (Å²) in [5.74, 6) is -1.05. The number of aryl methyl sites for hydroxylation is 1. The number of hydrogen-bond acceptors (Lipinski definition) is 2. The van der Waals surface area contributed by atoms with E-state index in [4.69, 9.17) is 16.7 Å². The van der Waals surface area contributed by atoms with Gasteiger partial charge in [-0.2, -0.15) is 0 Å². The van der Waals surface area contributed by atoms with Gasteiger partial charge in [-0.3, -0.25) is 0 Å². The number of carbonyl (C=O) groups is 1. The lowest BCUT2D eigenvalue weighted by Gasteiger charge is -2.11. The summed E-state index contributed by atoms with van der Waals surface area (Å²) in [7, 11) is 0. The first kappa shape index (κ1) is 9.27. The van der Waals surface area contributed by atoms with Gasteiger partial charge in [-0.05, 0) is 25.3 Å². The summed E-state index contributed by atoms with van der Waals surface area (Å²) in [6, 6.07) is 0. The summed E-state index contributed by atoms with van der Waals surface area (Å²) in [4.78, 5) is 17.4. The number of imidazole rings is 1. The third-order valence-electron chi connectivity index (χ3n) is 2.34. The zero-order valence-electron chi connectivity index (χ0n) is 7.59. The Morgan fingerprint density at radius 1 is 1.57 bits per heavy atom. The van der Waals surface area contributed by atoms with Gasteiger partial charge in [0.25, 0.3) is 0 Å². The molecule has 0 saturated heterocycles. The van der Waals surface area contributed by atoms with Crippen LogP contribution in [-0.2, 0) is 6.42 Å². The summed E-state index contributed by atoms with van der Waals surface area (Å²) in [6.07, 6.45) is 1.48. The van der Waals surface area contributed by atoms with Gasteiger partial charge in [-0.15, -0.1) is 0 Å². The van der Waals surface area contributed by atoms with E-state index >= 15 is 0 Å². The SMILES string of the molecule is CC1=C(Cl)CCc2[nH]c(C(=O)O)nc21. The van der Waals surface area contributed by atoms with Crippen LogP contribution in [0.4, 0.5) is 0 Å². The van der Waals surface area contributed by atoms with Crippen LogP contribution in [0, 0.1) is 0 Å². The number of allylic oxidation sites excluding steroid dienone is 2. The van der Waals surface area contributed by atoms with Crippen molar-refractivity contribution >= 4 is 23.1 Å². The van der Waals surface area contributed by atoms with Crippen molar-refractivity contribution in [2.45, 2.75) is 19.8 Å². The average molecular weight is 213 g/mol. The Morgan fingerprint density at radius 2 is 2.29 bits per heavy atom. The van der Waals surface area contributed by atoms with E-state index in [1.165, 1.54) is 0 Å². The fourth-order valence-electron chi connectivity index (χ4n) is 1.55. The zero-order chi connectivity index (χ0) is 10.3. The molecule has 0 radical (unpaired) electrons. The first-order chi connectivity index (χ1) is 6.59. The van der Waals surface area contributed by atoms with Crippen molar-refractivity contribution in [3.8, 4) is 0 Å². The molecule has 1 aliphatic rings. The smallest absolute Gasteiger partial charge is 0.371 e. The van der Waals surface area contributed by atoms with Crippen LogP contribution in [0.5, 0.6) is 0 Å². The van der Waals surface area contributed by atoms with Crippen LogP contribution in [-0.4, -0.2) is 21.0 Å². The minimum Gasteiger partial charge on any atom is -0.475 e. The molecule has 1 aromatic heterocycles. The maximum absolute atomic E-state index is 10.7. The van der Waals surface area contributed by atoms with E-state index < -0.39 is 5.97 Å². The van der Waals surface area contributed by atoms with Crippen LogP contribution in [0.1, 0.15) is 35.4 Å². The van der Waals surface area contributed by atoms with E-state index in [1.54, 1.807) is 0 Å². The number of carboxylic acids is 1. The lowest BCUT2D eigenvalue weighted by atomic mass is 10.0. The van der Waals surface area contributed by atoms with E-state index in [0.717, 1.165) is 29.1 Å². The van der Waals surface area contributed by atoms with Crippen molar-refractivity contribution in [1.82, 2.24) is 9.97 Å². The molecule has 0 saturated carbocycles. The van der Waals surface area contributed by atoms with E-state index in [0.29, 0.717) is 5.69 Å². The minimum atomic E-state index is -1.04. The van der Waals surface area contributed by atoms with Gasteiger partial charge >= 0.3 is 5.97 Å². The lowest BCUT2D eigenvalue weighted by Crippen LogP contribution is -1.99. The van der Waals surface area contributed by atoms with E-state index in [2.05, 4.69) is 9.97 Å². The van der Waals surface area contributed by atoms with Gasteiger partial charge in [-0.1, -0.05) is 11.6 Å². The Kier molecular flexibility index (Phi) is 2.07. The summed E-state index contributed by atoms with van der Waals surface area (Å²) >= 11 is 5.96. The van der Waals surface area contributed by atoms with Gasteiger partial charge in [0.1, 0.15) is 0 Å². The molecule has 0 unspecified atom stereocenters.